The van der Waals surface area contributed by atoms with Gasteiger partial charge in [0, 0.05) is 23.5 Å². The molecule has 0 aliphatic rings. The van der Waals surface area contributed by atoms with Gasteiger partial charge in [-0.15, -0.1) is 0 Å². The van der Waals surface area contributed by atoms with E-state index in [9.17, 15) is 14.9 Å². The molecule has 6 heteroatoms. The summed E-state index contributed by atoms with van der Waals surface area (Å²) in [7, 11) is 1.32. The van der Waals surface area contributed by atoms with E-state index in [1.165, 1.54) is 19.2 Å². The minimum absolute atomic E-state index is 0.0280. The molecule has 0 bridgehead atoms. The molecule has 1 aromatic heterocycles. The van der Waals surface area contributed by atoms with E-state index in [2.05, 4.69) is 9.72 Å². The molecule has 98 valence electrons. The van der Waals surface area contributed by atoms with Crippen LogP contribution in [0.25, 0.3) is 11.3 Å². The summed E-state index contributed by atoms with van der Waals surface area (Å²) in [4.78, 5) is 24.7. The Bertz CT molecular complexity index is 629. The van der Waals surface area contributed by atoms with Gasteiger partial charge in [0.2, 0.25) is 0 Å². The number of nitro groups is 1. The summed E-state index contributed by atoms with van der Waals surface area (Å²) < 4.78 is 4.67. The highest BCUT2D eigenvalue weighted by atomic mass is 16.6. The van der Waals surface area contributed by atoms with Gasteiger partial charge < -0.3 is 9.72 Å². The molecule has 1 heterocycles. The molecule has 2 rings (SSSR count). The van der Waals surface area contributed by atoms with E-state index in [0.717, 1.165) is 5.56 Å². The number of aromatic amines is 1. The number of nitrogens with zero attached hydrogens (tertiary/aromatic N) is 1. The van der Waals surface area contributed by atoms with Crippen LogP contribution >= 0.6 is 0 Å². The number of rotatable bonds is 3. The van der Waals surface area contributed by atoms with Gasteiger partial charge in [0.05, 0.1) is 17.6 Å². The van der Waals surface area contributed by atoms with Crippen molar-refractivity contribution >= 4 is 11.7 Å². The van der Waals surface area contributed by atoms with Crippen LogP contribution in [-0.2, 0) is 4.74 Å². The van der Waals surface area contributed by atoms with Crippen LogP contribution in [0.4, 0.5) is 5.69 Å². The molecule has 0 radical (unpaired) electrons. The molecule has 0 amide bonds. The van der Waals surface area contributed by atoms with Crippen LogP contribution in [0.3, 0.4) is 0 Å². The Hall–Kier alpha value is -2.63. The van der Waals surface area contributed by atoms with Gasteiger partial charge in [-0.2, -0.15) is 0 Å². The zero-order valence-electron chi connectivity index (χ0n) is 10.5. The standard InChI is InChI=1S/C13H12N2O4/c1-8-11(13(16)19-2)7-12(14-8)9-3-5-10(6-4-9)15(17)18/h3-7,14H,1-2H3. The number of ether oxygens (including phenoxy) is 1. The van der Waals surface area contributed by atoms with Gasteiger partial charge in [-0.3, -0.25) is 10.1 Å². The molecule has 1 aromatic carbocycles. The molecule has 0 saturated heterocycles. The SMILES string of the molecule is COC(=O)c1cc(-c2ccc([N+](=O)[O-])cc2)[nH]c1C. The highest BCUT2D eigenvalue weighted by Crippen LogP contribution is 2.24. The van der Waals surface area contributed by atoms with Crippen molar-refractivity contribution in [2.45, 2.75) is 6.92 Å². The van der Waals surface area contributed by atoms with Crippen molar-refractivity contribution in [3.8, 4) is 11.3 Å². The number of nitro benzene ring substituents is 1. The van der Waals surface area contributed by atoms with Crippen molar-refractivity contribution in [1.29, 1.82) is 0 Å². The highest BCUT2D eigenvalue weighted by molar-refractivity contribution is 5.92. The number of aromatic nitrogens is 1. The summed E-state index contributed by atoms with van der Waals surface area (Å²) in [6.45, 7) is 1.77. The number of hydrogen-bond donors (Lipinski definition) is 1. The number of carbonyl (C=O) groups excluding carboxylic acids is 1. The fourth-order valence-electron chi connectivity index (χ4n) is 1.80. The van der Waals surface area contributed by atoms with E-state index in [1.54, 1.807) is 25.1 Å². The normalized spacial score (nSPS) is 10.2. The van der Waals surface area contributed by atoms with E-state index in [0.29, 0.717) is 17.0 Å². The maximum atomic E-state index is 11.5. The quantitative estimate of drug-likeness (QED) is 0.522. The van der Waals surface area contributed by atoms with Gasteiger partial charge in [0.25, 0.3) is 5.69 Å². The van der Waals surface area contributed by atoms with Gasteiger partial charge in [0.15, 0.2) is 0 Å². The maximum absolute atomic E-state index is 11.5. The van der Waals surface area contributed by atoms with E-state index >= 15 is 0 Å². The monoisotopic (exact) mass is 260 g/mol. The fraction of sp³-hybridized carbons (Fsp3) is 0.154. The summed E-state index contributed by atoms with van der Waals surface area (Å²) in [6, 6.07) is 7.77. The average molecular weight is 260 g/mol. The molecule has 0 saturated carbocycles. The summed E-state index contributed by atoms with van der Waals surface area (Å²) in [5.41, 5.74) is 2.66. The molecule has 2 aromatic rings. The van der Waals surface area contributed by atoms with Gasteiger partial charge in [-0.05, 0) is 30.7 Å². The number of carbonyl (C=O) groups is 1. The Kier molecular flexibility index (Phi) is 3.33. The molecule has 0 aliphatic carbocycles. The first kappa shape index (κ1) is 12.8. The molecule has 6 nitrogen and oxygen atoms in total. The Morgan fingerprint density at radius 1 is 1.32 bits per heavy atom. The predicted octanol–water partition coefficient (Wildman–Crippen LogP) is 2.68. The van der Waals surface area contributed by atoms with Crippen LogP contribution in [0.2, 0.25) is 0 Å². The number of nitrogens with one attached hydrogen (secondary N) is 1. The highest BCUT2D eigenvalue weighted by Gasteiger charge is 2.14. The van der Waals surface area contributed by atoms with Gasteiger partial charge in [-0.25, -0.2) is 4.79 Å². The molecule has 0 unspecified atom stereocenters. The Labute approximate surface area is 109 Å². The van der Waals surface area contributed by atoms with Crippen LogP contribution in [0.1, 0.15) is 16.1 Å². The number of H-pyrrole nitrogens is 1. The molecule has 0 atom stereocenters. The van der Waals surface area contributed by atoms with E-state index in [-0.39, 0.29) is 5.69 Å². The fourth-order valence-corrected chi connectivity index (χ4v) is 1.80. The number of esters is 1. The molecular formula is C13H12N2O4. The van der Waals surface area contributed by atoms with Crippen LogP contribution < -0.4 is 0 Å². The van der Waals surface area contributed by atoms with E-state index < -0.39 is 10.9 Å². The maximum Gasteiger partial charge on any atom is 0.339 e. The van der Waals surface area contributed by atoms with Crippen LogP contribution in [0.15, 0.2) is 30.3 Å². The lowest BCUT2D eigenvalue weighted by atomic mass is 10.1. The van der Waals surface area contributed by atoms with Crippen molar-refractivity contribution in [3.63, 3.8) is 0 Å². The van der Waals surface area contributed by atoms with Gasteiger partial charge in [-0.1, -0.05) is 0 Å². The van der Waals surface area contributed by atoms with E-state index in [4.69, 9.17) is 0 Å². The first-order chi connectivity index (χ1) is 9.02. The molecule has 1 N–H and O–H groups in total. The summed E-state index contributed by atoms with van der Waals surface area (Å²) in [6.07, 6.45) is 0. The number of non-ortho nitro benzene ring substituents is 1. The van der Waals surface area contributed by atoms with Gasteiger partial charge in [0.1, 0.15) is 0 Å². The molecule has 0 spiro atoms. The first-order valence-corrected chi connectivity index (χ1v) is 5.55. The average Bonchev–Trinajstić information content (AvgIpc) is 2.80. The second-order valence-corrected chi connectivity index (χ2v) is 4.02. The third-order valence-corrected chi connectivity index (χ3v) is 2.81. The predicted molar refractivity (Wildman–Crippen MR) is 69.0 cm³/mol. The minimum Gasteiger partial charge on any atom is -0.465 e. The molecule has 19 heavy (non-hydrogen) atoms. The number of hydrogen-bond acceptors (Lipinski definition) is 4. The van der Waals surface area contributed by atoms with Crippen molar-refractivity contribution < 1.29 is 14.5 Å². The third-order valence-electron chi connectivity index (χ3n) is 2.81. The lowest BCUT2D eigenvalue weighted by Crippen LogP contribution is -2.00. The van der Waals surface area contributed by atoms with Crippen LogP contribution in [0, 0.1) is 17.0 Å². The van der Waals surface area contributed by atoms with Crippen molar-refractivity contribution in [1.82, 2.24) is 4.98 Å². The smallest absolute Gasteiger partial charge is 0.339 e. The molecule has 0 aliphatic heterocycles. The Morgan fingerprint density at radius 2 is 1.95 bits per heavy atom. The number of methoxy groups -OCH3 is 1. The molecule has 0 fully saturated rings. The van der Waals surface area contributed by atoms with Crippen LogP contribution in [0.5, 0.6) is 0 Å². The number of benzene rings is 1. The van der Waals surface area contributed by atoms with Crippen molar-refractivity contribution in [2.75, 3.05) is 7.11 Å². The largest absolute Gasteiger partial charge is 0.465 e. The second kappa shape index (κ2) is 4.93. The first-order valence-electron chi connectivity index (χ1n) is 5.55. The molecular weight excluding hydrogens is 248 g/mol. The van der Waals surface area contributed by atoms with Crippen LogP contribution in [-0.4, -0.2) is 23.0 Å². The number of aryl methyl sites for hydroxylation is 1. The zero-order chi connectivity index (χ0) is 14.0. The lowest BCUT2D eigenvalue weighted by molar-refractivity contribution is -0.384. The topological polar surface area (TPSA) is 85.2 Å². The van der Waals surface area contributed by atoms with Gasteiger partial charge >= 0.3 is 5.97 Å². The Morgan fingerprint density at radius 3 is 2.47 bits per heavy atom. The second-order valence-electron chi connectivity index (χ2n) is 4.02. The summed E-state index contributed by atoms with van der Waals surface area (Å²) in [5, 5.41) is 10.6. The summed E-state index contributed by atoms with van der Waals surface area (Å²) >= 11 is 0. The van der Waals surface area contributed by atoms with E-state index in [1.807, 2.05) is 0 Å². The third kappa shape index (κ3) is 2.47. The Balaban J connectivity index is 2.37. The lowest BCUT2D eigenvalue weighted by Gasteiger charge is -1.97. The summed E-state index contributed by atoms with van der Waals surface area (Å²) in [5.74, 6) is -0.415. The zero-order valence-corrected chi connectivity index (χ0v) is 10.5. The van der Waals surface area contributed by atoms with Crippen molar-refractivity contribution in [3.05, 3.63) is 51.7 Å². The minimum atomic E-state index is -0.455. The van der Waals surface area contributed by atoms with Crippen molar-refractivity contribution in [2.24, 2.45) is 0 Å².